The first-order chi connectivity index (χ1) is 15.0. The second kappa shape index (κ2) is 12.5. The predicted molar refractivity (Wildman–Crippen MR) is 132 cm³/mol. The largest absolute Gasteiger partial charge is 0.364 e. The van der Waals surface area contributed by atoms with Gasteiger partial charge < -0.3 is 4.74 Å². The van der Waals surface area contributed by atoms with Crippen molar-refractivity contribution in [3.8, 4) is 0 Å². The summed E-state index contributed by atoms with van der Waals surface area (Å²) >= 11 is 0. The van der Waals surface area contributed by atoms with Crippen LogP contribution in [-0.4, -0.2) is 26.7 Å². The van der Waals surface area contributed by atoms with Crippen LogP contribution in [0.15, 0.2) is 29.2 Å². The molecule has 0 N–H and O–H groups in total. The molecule has 0 spiro atoms. The maximum Gasteiger partial charge on any atom is 0.297 e. The van der Waals surface area contributed by atoms with E-state index in [9.17, 15) is 8.42 Å². The van der Waals surface area contributed by atoms with Gasteiger partial charge in [-0.1, -0.05) is 96.8 Å². The molecule has 32 heavy (non-hydrogen) atoms. The molecule has 0 amide bonds. The molecule has 0 aromatic heterocycles. The molecular formula is C27H46O4S. The molecular weight excluding hydrogens is 420 g/mol. The van der Waals surface area contributed by atoms with Crippen LogP contribution >= 0.6 is 0 Å². The van der Waals surface area contributed by atoms with Crippen molar-refractivity contribution in [1.29, 1.82) is 0 Å². The monoisotopic (exact) mass is 466 g/mol. The lowest BCUT2D eigenvalue weighted by Gasteiger charge is -2.15. The quantitative estimate of drug-likeness (QED) is 0.189. The minimum atomic E-state index is -3.72. The van der Waals surface area contributed by atoms with Crippen LogP contribution in [0.5, 0.6) is 0 Å². The van der Waals surface area contributed by atoms with E-state index in [0.717, 1.165) is 36.2 Å². The van der Waals surface area contributed by atoms with E-state index < -0.39 is 10.1 Å². The molecule has 0 saturated carbocycles. The van der Waals surface area contributed by atoms with Crippen molar-refractivity contribution in [1.82, 2.24) is 0 Å². The summed E-state index contributed by atoms with van der Waals surface area (Å²) in [5.74, 6) is 2.40. The molecule has 0 radical (unpaired) electrons. The molecule has 184 valence electrons. The van der Waals surface area contributed by atoms with Gasteiger partial charge in [0.2, 0.25) is 0 Å². The second-order valence-electron chi connectivity index (χ2n) is 10.8. The van der Waals surface area contributed by atoms with E-state index in [0.29, 0.717) is 0 Å². The summed E-state index contributed by atoms with van der Waals surface area (Å²) in [5, 5.41) is 0. The highest BCUT2D eigenvalue weighted by atomic mass is 32.2. The SMILES string of the molecule is Cc1ccc(S(=O)(=O)OCC2O[C@]2(C)CCC[C@H](C)CCC[C@H](C)CCCC(C)C)cc1. The van der Waals surface area contributed by atoms with Crippen molar-refractivity contribution in [2.45, 2.75) is 116 Å². The first kappa shape index (κ1) is 27.3. The minimum Gasteiger partial charge on any atom is -0.364 e. The summed E-state index contributed by atoms with van der Waals surface area (Å²) in [6, 6.07) is 6.74. The van der Waals surface area contributed by atoms with Gasteiger partial charge in [0, 0.05) is 0 Å². The van der Waals surface area contributed by atoms with E-state index in [-0.39, 0.29) is 23.2 Å². The number of hydrogen-bond donors (Lipinski definition) is 0. The molecule has 1 fully saturated rings. The first-order valence-electron chi connectivity index (χ1n) is 12.7. The topological polar surface area (TPSA) is 55.9 Å². The molecule has 5 heteroatoms. The molecule has 4 nitrogen and oxygen atoms in total. The Hall–Kier alpha value is -0.910. The molecule has 0 bridgehead atoms. The fraction of sp³-hybridized carbons (Fsp3) is 0.778. The van der Waals surface area contributed by atoms with Gasteiger partial charge in [0.1, 0.15) is 6.10 Å². The van der Waals surface area contributed by atoms with E-state index in [1.807, 2.05) is 6.92 Å². The van der Waals surface area contributed by atoms with Gasteiger partial charge in [-0.2, -0.15) is 8.42 Å². The number of hydrogen-bond acceptors (Lipinski definition) is 4. The summed E-state index contributed by atoms with van der Waals surface area (Å²) < 4.78 is 35.8. The van der Waals surface area contributed by atoms with Gasteiger partial charge in [-0.25, -0.2) is 0 Å². The van der Waals surface area contributed by atoms with Crippen LogP contribution in [0.4, 0.5) is 0 Å². The van der Waals surface area contributed by atoms with Crippen LogP contribution in [0.25, 0.3) is 0 Å². The van der Waals surface area contributed by atoms with Crippen LogP contribution < -0.4 is 0 Å². The van der Waals surface area contributed by atoms with Crippen LogP contribution in [0, 0.1) is 24.7 Å². The average Bonchev–Trinajstić information content (AvgIpc) is 3.36. The third kappa shape index (κ3) is 9.52. The van der Waals surface area contributed by atoms with Crippen molar-refractivity contribution in [2.24, 2.45) is 17.8 Å². The number of epoxide rings is 1. The van der Waals surface area contributed by atoms with E-state index >= 15 is 0 Å². The average molecular weight is 467 g/mol. The lowest BCUT2D eigenvalue weighted by atomic mass is 9.90. The summed E-state index contributed by atoms with van der Waals surface area (Å²) in [6.45, 7) is 13.5. The minimum absolute atomic E-state index is 0.0942. The lowest BCUT2D eigenvalue weighted by molar-refractivity contribution is 0.249. The Morgan fingerprint density at radius 1 is 0.906 bits per heavy atom. The molecule has 1 aromatic carbocycles. The van der Waals surface area contributed by atoms with Gasteiger partial charge in [0.15, 0.2) is 0 Å². The zero-order valence-corrected chi connectivity index (χ0v) is 22.0. The molecule has 0 aliphatic carbocycles. The molecule has 1 heterocycles. The fourth-order valence-electron chi connectivity index (χ4n) is 4.43. The van der Waals surface area contributed by atoms with Crippen molar-refractivity contribution in [2.75, 3.05) is 6.61 Å². The van der Waals surface area contributed by atoms with Gasteiger partial charge >= 0.3 is 0 Å². The summed E-state index contributed by atoms with van der Waals surface area (Å²) in [5.41, 5.74) is 0.778. The second-order valence-corrected chi connectivity index (χ2v) is 12.4. The van der Waals surface area contributed by atoms with Crippen LogP contribution in [0.3, 0.4) is 0 Å². The van der Waals surface area contributed by atoms with E-state index in [1.165, 1.54) is 44.9 Å². The van der Waals surface area contributed by atoms with Gasteiger partial charge in [0.05, 0.1) is 17.1 Å². The fourth-order valence-corrected chi connectivity index (χ4v) is 5.33. The van der Waals surface area contributed by atoms with Gasteiger partial charge in [-0.15, -0.1) is 0 Å². The third-order valence-electron chi connectivity index (χ3n) is 6.96. The molecule has 1 saturated heterocycles. The number of benzene rings is 1. The zero-order valence-electron chi connectivity index (χ0n) is 21.2. The molecule has 1 aromatic rings. The molecule has 1 aliphatic rings. The van der Waals surface area contributed by atoms with E-state index in [2.05, 4.69) is 34.6 Å². The van der Waals surface area contributed by atoms with Crippen molar-refractivity contribution in [3.63, 3.8) is 0 Å². The maximum atomic E-state index is 12.3. The van der Waals surface area contributed by atoms with Gasteiger partial charge in [0.25, 0.3) is 10.1 Å². The normalized spacial score (nSPS) is 22.8. The molecule has 1 aliphatic heterocycles. The summed E-state index contributed by atoms with van der Waals surface area (Å²) in [7, 11) is -3.72. The van der Waals surface area contributed by atoms with Gasteiger partial charge in [-0.3, -0.25) is 4.18 Å². The van der Waals surface area contributed by atoms with Gasteiger partial charge in [-0.05, 0) is 50.2 Å². The highest BCUT2D eigenvalue weighted by Crippen LogP contribution is 2.41. The Labute approximate surface area is 197 Å². The van der Waals surface area contributed by atoms with Crippen molar-refractivity contribution in [3.05, 3.63) is 29.8 Å². The Balaban J connectivity index is 1.58. The number of aryl methyl sites for hydroxylation is 1. The molecule has 1 unspecified atom stereocenters. The predicted octanol–water partition coefficient (Wildman–Crippen LogP) is 7.30. The Kier molecular flexibility index (Phi) is 10.7. The highest BCUT2D eigenvalue weighted by molar-refractivity contribution is 7.86. The Morgan fingerprint density at radius 3 is 2.00 bits per heavy atom. The summed E-state index contributed by atoms with van der Waals surface area (Å²) in [4.78, 5) is 0.202. The third-order valence-corrected chi connectivity index (χ3v) is 8.26. The maximum absolute atomic E-state index is 12.3. The Morgan fingerprint density at radius 2 is 1.44 bits per heavy atom. The molecule has 4 atom stereocenters. The standard InChI is InChI=1S/C27H46O4S/c1-21(2)10-7-11-22(3)12-8-13-23(4)14-9-19-27(6)26(31-27)20-30-32(28,29)25-17-15-24(5)16-18-25/h15-18,21-23,26H,7-14,19-20H2,1-6H3/t22-,23-,26?,27-/m1/s1. The number of rotatable bonds is 16. The van der Waals surface area contributed by atoms with Crippen LogP contribution in [0.1, 0.15) is 98.0 Å². The van der Waals surface area contributed by atoms with E-state index in [4.69, 9.17) is 8.92 Å². The summed E-state index contributed by atoms with van der Waals surface area (Å²) in [6.07, 6.45) is 11.2. The van der Waals surface area contributed by atoms with Crippen LogP contribution in [-0.2, 0) is 19.0 Å². The first-order valence-corrected chi connectivity index (χ1v) is 14.1. The smallest absolute Gasteiger partial charge is 0.297 e. The Bertz CT molecular complexity index is 771. The number of ether oxygens (including phenoxy) is 1. The van der Waals surface area contributed by atoms with E-state index in [1.54, 1.807) is 24.3 Å². The zero-order chi connectivity index (χ0) is 23.8. The van der Waals surface area contributed by atoms with Crippen molar-refractivity contribution >= 4 is 10.1 Å². The van der Waals surface area contributed by atoms with Crippen LogP contribution in [0.2, 0.25) is 0 Å². The lowest BCUT2D eigenvalue weighted by Crippen LogP contribution is -2.17. The molecule has 2 rings (SSSR count). The van der Waals surface area contributed by atoms with Crippen molar-refractivity contribution < 1.29 is 17.3 Å². The highest BCUT2D eigenvalue weighted by Gasteiger charge is 2.52.